The van der Waals surface area contributed by atoms with Crippen LogP contribution in [0.2, 0.25) is 0 Å². The van der Waals surface area contributed by atoms with Gasteiger partial charge >= 0.3 is 0 Å². The summed E-state index contributed by atoms with van der Waals surface area (Å²) in [6, 6.07) is 0.501. The van der Waals surface area contributed by atoms with E-state index in [1.54, 1.807) is 0 Å². The van der Waals surface area contributed by atoms with Gasteiger partial charge in [0.1, 0.15) is 0 Å². The lowest BCUT2D eigenvalue weighted by Crippen LogP contribution is -2.68. The zero-order chi connectivity index (χ0) is 18.2. The fourth-order valence-electron chi connectivity index (χ4n) is 4.47. The standard InChI is InChI=1S/C20H37N3O3.HI/c1-3-21-19(22-11-7-12-24-15-16-8-5-13-26-16)23-17-14-18(25-4-2)20(17)9-6-10-20;/h16-18H,3-15H2,1-2H3,(H2,21,22,23);1H. The van der Waals surface area contributed by atoms with E-state index in [-0.39, 0.29) is 24.0 Å². The minimum Gasteiger partial charge on any atom is -0.379 e. The molecule has 6 nitrogen and oxygen atoms in total. The number of rotatable bonds is 10. The Morgan fingerprint density at radius 3 is 2.74 bits per heavy atom. The van der Waals surface area contributed by atoms with E-state index >= 15 is 0 Å². The van der Waals surface area contributed by atoms with Gasteiger partial charge in [-0.1, -0.05) is 6.42 Å². The van der Waals surface area contributed by atoms with E-state index in [9.17, 15) is 0 Å². The van der Waals surface area contributed by atoms with Crippen molar-refractivity contribution in [3.05, 3.63) is 0 Å². The molecule has 3 atom stereocenters. The summed E-state index contributed by atoms with van der Waals surface area (Å²) in [7, 11) is 0. The summed E-state index contributed by atoms with van der Waals surface area (Å²) in [6.45, 7) is 9.08. The second-order valence-corrected chi connectivity index (χ2v) is 7.79. The molecule has 3 unspecified atom stereocenters. The van der Waals surface area contributed by atoms with Gasteiger partial charge in [0, 0.05) is 44.4 Å². The molecule has 1 heterocycles. The van der Waals surface area contributed by atoms with E-state index < -0.39 is 0 Å². The van der Waals surface area contributed by atoms with E-state index in [1.165, 1.54) is 25.7 Å². The second kappa shape index (κ2) is 11.8. The van der Waals surface area contributed by atoms with E-state index in [2.05, 4.69) is 24.5 Å². The van der Waals surface area contributed by atoms with Gasteiger partial charge in [-0.3, -0.25) is 4.99 Å². The highest BCUT2D eigenvalue weighted by Crippen LogP contribution is 2.57. The summed E-state index contributed by atoms with van der Waals surface area (Å²) in [5, 5.41) is 7.06. The fourth-order valence-corrected chi connectivity index (χ4v) is 4.47. The molecule has 3 rings (SSSR count). The molecule has 0 aromatic heterocycles. The smallest absolute Gasteiger partial charge is 0.191 e. The normalized spacial score (nSPS) is 29.0. The Morgan fingerprint density at radius 2 is 2.11 bits per heavy atom. The molecular formula is C20H38IN3O3. The highest BCUT2D eigenvalue weighted by atomic mass is 127. The molecule has 27 heavy (non-hydrogen) atoms. The maximum Gasteiger partial charge on any atom is 0.191 e. The summed E-state index contributed by atoms with van der Waals surface area (Å²) in [5.41, 5.74) is 0.358. The van der Waals surface area contributed by atoms with E-state index in [4.69, 9.17) is 19.2 Å². The van der Waals surface area contributed by atoms with Gasteiger partial charge in [0.05, 0.1) is 18.8 Å². The molecule has 0 aromatic rings. The van der Waals surface area contributed by atoms with Crippen LogP contribution in [-0.4, -0.2) is 63.7 Å². The van der Waals surface area contributed by atoms with Crippen LogP contribution in [0.5, 0.6) is 0 Å². The third kappa shape index (κ3) is 5.93. The average molecular weight is 495 g/mol. The van der Waals surface area contributed by atoms with Crippen LogP contribution in [0.15, 0.2) is 4.99 Å². The van der Waals surface area contributed by atoms with Crippen molar-refractivity contribution in [2.24, 2.45) is 10.4 Å². The molecule has 3 aliphatic rings. The third-order valence-corrected chi connectivity index (χ3v) is 6.14. The number of hydrogen-bond donors (Lipinski definition) is 2. The maximum atomic E-state index is 5.95. The van der Waals surface area contributed by atoms with Crippen molar-refractivity contribution < 1.29 is 14.2 Å². The molecule has 3 fully saturated rings. The van der Waals surface area contributed by atoms with Crippen LogP contribution in [-0.2, 0) is 14.2 Å². The number of hydrogen-bond acceptors (Lipinski definition) is 4. The Hall–Kier alpha value is -0.120. The predicted molar refractivity (Wildman–Crippen MR) is 119 cm³/mol. The van der Waals surface area contributed by atoms with Crippen molar-refractivity contribution >= 4 is 29.9 Å². The zero-order valence-electron chi connectivity index (χ0n) is 17.0. The first-order valence-electron chi connectivity index (χ1n) is 10.6. The number of aliphatic imine (C=N–C) groups is 1. The highest BCUT2D eigenvalue weighted by molar-refractivity contribution is 14.0. The van der Waals surface area contributed by atoms with Gasteiger partial charge in [-0.15, -0.1) is 24.0 Å². The monoisotopic (exact) mass is 495 g/mol. The third-order valence-electron chi connectivity index (χ3n) is 6.14. The van der Waals surface area contributed by atoms with Crippen LogP contribution < -0.4 is 10.6 Å². The van der Waals surface area contributed by atoms with Crippen LogP contribution in [0.25, 0.3) is 0 Å². The summed E-state index contributed by atoms with van der Waals surface area (Å²) in [4.78, 5) is 4.74. The number of nitrogens with zero attached hydrogens (tertiary/aromatic N) is 1. The van der Waals surface area contributed by atoms with Crippen LogP contribution in [0.1, 0.15) is 58.8 Å². The van der Waals surface area contributed by atoms with Crippen LogP contribution in [0.3, 0.4) is 0 Å². The lowest BCUT2D eigenvalue weighted by molar-refractivity contribution is -0.168. The van der Waals surface area contributed by atoms with Crippen molar-refractivity contribution in [2.75, 3.05) is 39.5 Å². The first-order chi connectivity index (χ1) is 12.8. The molecule has 1 aliphatic heterocycles. The lowest BCUT2D eigenvalue weighted by atomic mass is 9.51. The summed E-state index contributed by atoms with van der Waals surface area (Å²) in [6.07, 6.45) is 9.00. The van der Waals surface area contributed by atoms with E-state index in [1.807, 2.05) is 0 Å². The average Bonchev–Trinajstić information content (AvgIpc) is 3.08. The summed E-state index contributed by atoms with van der Waals surface area (Å²) >= 11 is 0. The Bertz CT molecular complexity index is 454. The molecule has 2 N–H and O–H groups in total. The van der Waals surface area contributed by atoms with Crippen LogP contribution in [0.4, 0.5) is 0 Å². The SMILES string of the molecule is CCNC(=NCCCOCC1CCCO1)NC1CC(OCC)C12CCC2.I. The first-order valence-corrected chi connectivity index (χ1v) is 10.6. The number of halogens is 1. The Balaban J connectivity index is 0.00000261. The second-order valence-electron chi connectivity index (χ2n) is 7.79. The highest BCUT2D eigenvalue weighted by Gasteiger charge is 2.59. The predicted octanol–water partition coefficient (Wildman–Crippen LogP) is 3.09. The molecule has 0 aromatic carbocycles. The molecule has 7 heteroatoms. The van der Waals surface area contributed by atoms with E-state index in [0.29, 0.717) is 23.7 Å². The summed E-state index contributed by atoms with van der Waals surface area (Å²) in [5.74, 6) is 0.942. The Morgan fingerprint density at radius 1 is 1.26 bits per heavy atom. The van der Waals surface area contributed by atoms with Crippen molar-refractivity contribution in [1.29, 1.82) is 0 Å². The lowest BCUT2D eigenvalue weighted by Gasteiger charge is -2.61. The number of nitrogens with one attached hydrogen (secondary N) is 2. The maximum absolute atomic E-state index is 5.95. The molecule has 1 spiro atoms. The van der Waals surface area contributed by atoms with Crippen molar-refractivity contribution in [1.82, 2.24) is 10.6 Å². The van der Waals surface area contributed by atoms with Crippen molar-refractivity contribution in [2.45, 2.75) is 77.0 Å². The fraction of sp³-hybridized carbons (Fsp3) is 0.950. The van der Waals surface area contributed by atoms with Gasteiger partial charge in [0.2, 0.25) is 0 Å². The molecule has 2 aliphatic carbocycles. The van der Waals surface area contributed by atoms with Gasteiger partial charge in [0.15, 0.2) is 5.96 Å². The molecule has 158 valence electrons. The first kappa shape index (κ1) is 23.2. The molecule has 2 saturated carbocycles. The number of ether oxygens (including phenoxy) is 3. The summed E-state index contributed by atoms with van der Waals surface area (Å²) < 4.78 is 17.2. The largest absolute Gasteiger partial charge is 0.379 e. The molecular weight excluding hydrogens is 457 g/mol. The molecule has 0 bridgehead atoms. The van der Waals surface area contributed by atoms with Gasteiger partial charge in [-0.05, 0) is 52.4 Å². The van der Waals surface area contributed by atoms with Crippen molar-refractivity contribution in [3.8, 4) is 0 Å². The Kier molecular flexibility index (Phi) is 10.1. The van der Waals surface area contributed by atoms with Gasteiger partial charge in [-0.25, -0.2) is 0 Å². The Labute approximate surface area is 181 Å². The minimum atomic E-state index is 0. The topological polar surface area (TPSA) is 64.1 Å². The van der Waals surface area contributed by atoms with E-state index in [0.717, 1.165) is 64.7 Å². The molecule has 0 amide bonds. The van der Waals surface area contributed by atoms with Crippen LogP contribution >= 0.6 is 24.0 Å². The van der Waals surface area contributed by atoms with Gasteiger partial charge in [0.25, 0.3) is 0 Å². The zero-order valence-corrected chi connectivity index (χ0v) is 19.3. The van der Waals surface area contributed by atoms with Gasteiger partial charge < -0.3 is 24.8 Å². The molecule has 0 radical (unpaired) electrons. The molecule has 1 saturated heterocycles. The number of guanidine groups is 1. The van der Waals surface area contributed by atoms with Crippen molar-refractivity contribution in [3.63, 3.8) is 0 Å². The quantitative estimate of drug-likeness (QED) is 0.211. The van der Waals surface area contributed by atoms with Crippen LogP contribution in [0, 0.1) is 5.41 Å². The van der Waals surface area contributed by atoms with Gasteiger partial charge in [-0.2, -0.15) is 0 Å². The minimum absolute atomic E-state index is 0.